The fourth-order valence-corrected chi connectivity index (χ4v) is 3.72. The molecule has 2 aromatic carbocycles. The smallest absolute Gasteiger partial charge is 0.251 e. The Bertz CT molecular complexity index is 712. The monoisotopic (exact) mass is 448 g/mol. The van der Waals surface area contributed by atoms with E-state index in [2.05, 4.69) is 64.0 Å². The molecule has 0 aliphatic carbocycles. The molecule has 1 heterocycles. The van der Waals surface area contributed by atoms with E-state index in [1.165, 1.54) is 18.5 Å². The number of carbonyl (C=O) groups excluding carboxylic acids is 1. The molecule has 132 valence electrons. The van der Waals surface area contributed by atoms with Crippen molar-refractivity contribution in [1.82, 2.24) is 5.32 Å². The standard InChI is InChI=1S/C21H25IN2O/c1-15-4-3-13-24(14-15)20-11-7-17(8-12-20)16(2)23-21(25)18-5-9-19(22)10-6-18/h5-12,15-16H,3-4,13-14H2,1-2H3,(H,23,25)/t15-,16+/m1/s1. The van der Waals surface area contributed by atoms with Gasteiger partial charge in [-0.2, -0.15) is 0 Å². The summed E-state index contributed by atoms with van der Waals surface area (Å²) in [6.07, 6.45) is 2.60. The molecule has 1 fully saturated rings. The summed E-state index contributed by atoms with van der Waals surface area (Å²) in [6.45, 7) is 6.63. The summed E-state index contributed by atoms with van der Waals surface area (Å²) in [4.78, 5) is 14.8. The van der Waals surface area contributed by atoms with Gasteiger partial charge in [-0.3, -0.25) is 4.79 Å². The number of nitrogens with one attached hydrogen (secondary N) is 1. The maximum atomic E-state index is 12.4. The second-order valence-electron chi connectivity index (χ2n) is 6.99. The van der Waals surface area contributed by atoms with E-state index in [1.807, 2.05) is 31.2 Å². The van der Waals surface area contributed by atoms with E-state index >= 15 is 0 Å². The topological polar surface area (TPSA) is 32.3 Å². The van der Waals surface area contributed by atoms with Crippen molar-refractivity contribution < 1.29 is 4.79 Å². The van der Waals surface area contributed by atoms with Crippen LogP contribution in [0.4, 0.5) is 5.69 Å². The third-order valence-corrected chi connectivity index (χ3v) is 5.59. The Morgan fingerprint density at radius 3 is 2.48 bits per heavy atom. The summed E-state index contributed by atoms with van der Waals surface area (Å²) in [5.74, 6) is 0.735. The van der Waals surface area contributed by atoms with Gasteiger partial charge < -0.3 is 10.2 Å². The average Bonchev–Trinajstić information content (AvgIpc) is 2.62. The lowest BCUT2D eigenvalue weighted by molar-refractivity contribution is 0.0940. The Kier molecular flexibility index (Phi) is 5.99. The molecule has 1 saturated heterocycles. The van der Waals surface area contributed by atoms with Crippen LogP contribution in [0.3, 0.4) is 0 Å². The Hall–Kier alpha value is -1.56. The number of amides is 1. The van der Waals surface area contributed by atoms with Gasteiger partial charge in [0.1, 0.15) is 0 Å². The molecule has 0 saturated carbocycles. The maximum absolute atomic E-state index is 12.4. The van der Waals surface area contributed by atoms with Crippen LogP contribution in [0.15, 0.2) is 48.5 Å². The molecular formula is C21H25IN2O. The van der Waals surface area contributed by atoms with Crippen LogP contribution in [0, 0.1) is 9.49 Å². The number of anilines is 1. The molecule has 1 aliphatic rings. The number of halogens is 1. The van der Waals surface area contributed by atoms with E-state index in [9.17, 15) is 4.79 Å². The lowest BCUT2D eigenvalue weighted by atomic mass is 9.99. The fraction of sp³-hybridized carbons (Fsp3) is 0.381. The first-order chi connectivity index (χ1) is 12.0. The minimum Gasteiger partial charge on any atom is -0.371 e. The molecule has 0 spiro atoms. The number of nitrogens with zero attached hydrogens (tertiary/aromatic N) is 1. The molecule has 4 heteroatoms. The van der Waals surface area contributed by atoms with Crippen molar-refractivity contribution in [3.8, 4) is 0 Å². The quantitative estimate of drug-likeness (QED) is 0.667. The zero-order valence-corrected chi connectivity index (χ0v) is 17.0. The second kappa shape index (κ2) is 8.21. The van der Waals surface area contributed by atoms with Crippen LogP contribution in [0.5, 0.6) is 0 Å². The highest BCUT2D eigenvalue weighted by molar-refractivity contribution is 14.1. The van der Waals surface area contributed by atoms with Crippen molar-refractivity contribution in [2.45, 2.75) is 32.7 Å². The first-order valence-corrected chi connectivity index (χ1v) is 10.0. The van der Waals surface area contributed by atoms with Gasteiger partial charge in [0.15, 0.2) is 0 Å². The summed E-state index contributed by atoms with van der Waals surface area (Å²) in [6, 6.07) is 16.3. The van der Waals surface area contributed by atoms with E-state index in [1.54, 1.807) is 0 Å². The van der Waals surface area contributed by atoms with Crippen molar-refractivity contribution in [1.29, 1.82) is 0 Å². The second-order valence-corrected chi connectivity index (χ2v) is 8.23. The molecule has 1 aliphatic heterocycles. The van der Waals surface area contributed by atoms with Gasteiger partial charge in [-0.25, -0.2) is 0 Å². The fourth-order valence-electron chi connectivity index (χ4n) is 3.36. The zero-order valence-electron chi connectivity index (χ0n) is 14.8. The number of carbonyl (C=O) groups is 1. The van der Waals surface area contributed by atoms with Gasteiger partial charge in [0.2, 0.25) is 0 Å². The molecule has 1 N–H and O–H groups in total. The van der Waals surface area contributed by atoms with Gasteiger partial charge in [-0.1, -0.05) is 19.1 Å². The predicted octanol–water partition coefficient (Wildman–Crippen LogP) is 5.02. The molecule has 0 unspecified atom stereocenters. The normalized spacial score (nSPS) is 18.7. The summed E-state index contributed by atoms with van der Waals surface area (Å²) < 4.78 is 1.13. The van der Waals surface area contributed by atoms with Crippen LogP contribution in [-0.4, -0.2) is 19.0 Å². The van der Waals surface area contributed by atoms with Crippen LogP contribution < -0.4 is 10.2 Å². The first kappa shape index (κ1) is 18.2. The summed E-state index contributed by atoms with van der Waals surface area (Å²) in [7, 11) is 0. The van der Waals surface area contributed by atoms with Crippen molar-refractivity contribution in [3.63, 3.8) is 0 Å². The molecule has 0 radical (unpaired) electrons. The van der Waals surface area contributed by atoms with Crippen molar-refractivity contribution in [2.24, 2.45) is 5.92 Å². The van der Waals surface area contributed by atoms with E-state index in [4.69, 9.17) is 0 Å². The Balaban J connectivity index is 1.63. The van der Waals surface area contributed by atoms with Gasteiger partial charge in [-0.05, 0) is 90.2 Å². The van der Waals surface area contributed by atoms with Crippen molar-refractivity contribution in [3.05, 3.63) is 63.2 Å². The maximum Gasteiger partial charge on any atom is 0.251 e. The largest absolute Gasteiger partial charge is 0.371 e. The lowest BCUT2D eigenvalue weighted by Crippen LogP contribution is -2.34. The van der Waals surface area contributed by atoms with E-state index in [0.29, 0.717) is 5.56 Å². The molecule has 0 bridgehead atoms. The first-order valence-electron chi connectivity index (χ1n) is 8.94. The Morgan fingerprint density at radius 2 is 1.84 bits per heavy atom. The van der Waals surface area contributed by atoms with Gasteiger partial charge in [0.05, 0.1) is 6.04 Å². The van der Waals surface area contributed by atoms with Gasteiger partial charge in [0, 0.05) is 27.9 Å². The molecule has 2 atom stereocenters. The van der Waals surface area contributed by atoms with E-state index in [-0.39, 0.29) is 11.9 Å². The number of rotatable bonds is 4. The number of hydrogen-bond acceptors (Lipinski definition) is 2. The van der Waals surface area contributed by atoms with Crippen LogP contribution in [0.1, 0.15) is 48.7 Å². The summed E-state index contributed by atoms with van der Waals surface area (Å²) in [5.41, 5.74) is 3.12. The van der Waals surface area contributed by atoms with E-state index < -0.39 is 0 Å². The summed E-state index contributed by atoms with van der Waals surface area (Å²) in [5, 5.41) is 3.08. The highest BCUT2D eigenvalue weighted by Crippen LogP contribution is 2.24. The van der Waals surface area contributed by atoms with Gasteiger partial charge in [-0.15, -0.1) is 0 Å². The van der Waals surface area contributed by atoms with Crippen LogP contribution in [0.25, 0.3) is 0 Å². The molecule has 1 amide bonds. The molecule has 2 aromatic rings. The zero-order chi connectivity index (χ0) is 17.8. The third-order valence-electron chi connectivity index (χ3n) is 4.87. The molecule has 25 heavy (non-hydrogen) atoms. The Morgan fingerprint density at radius 1 is 1.16 bits per heavy atom. The van der Waals surface area contributed by atoms with Crippen LogP contribution >= 0.6 is 22.6 Å². The number of benzene rings is 2. The average molecular weight is 448 g/mol. The highest BCUT2D eigenvalue weighted by atomic mass is 127. The molecule has 0 aromatic heterocycles. The predicted molar refractivity (Wildman–Crippen MR) is 112 cm³/mol. The lowest BCUT2D eigenvalue weighted by Gasteiger charge is -2.33. The number of piperidine rings is 1. The van der Waals surface area contributed by atoms with Crippen molar-refractivity contribution >= 4 is 34.2 Å². The van der Waals surface area contributed by atoms with Gasteiger partial charge in [0.25, 0.3) is 5.91 Å². The third kappa shape index (κ3) is 4.75. The van der Waals surface area contributed by atoms with Crippen LogP contribution in [-0.2, 0) is 0 Å². The molecular weight excluding hydrogens is 423 g/mol. The van der Waals surface area contributed by atoms with Crippen molar-refractivity contribution in [2.75, 3.05) is 18.0 Å². The van der Waals surface area contributed by atoms with Crippen LogP contribution in [0.2, 0.25) is 0 Å². The number of hydrogen-bond donors (Lipinski definition) is 1. The molecule has 3 nitrogen and oxygen atoms in total. The van der Waals surface area contributed by atoms with Gasteiger partial charge >= 0.3 is 0 Å². The minimum atomic E-state index is -0.0298. The highest BCUT2D eigenvalue weighted by Gasteiger charge is 2.17. The van der Waals surface area contributed by atoms with E-state index in [0.717, 1.165) is 28.1 Å². The SMILES string of the molecule is C[C@@H]1CCCN(c2ccc([C@H](C)NC(=O)c3ccc(I)cc3)cc2)C1. The minimum absolute atomic E-state index is 0.0129. The molecule has 3 rings (SSSR count). The Labute approximate surface area is 164 Å². The summed E-state index contributed by atoms with van der Waals surface area (Å²) >= 11 is 2.24.